The lowest BCUT2D eigenvalue weighted by Gasteiger charge is -2.36. The first-order valence-corrected chi connectivity index (χ1v) is 13.0. The first kappa shape index (κ1) is 26.9. The topological polar surface area (TPSA) is 132 Å². The number of rotatable bonds is 7. The molecule has 0 aliphatic carbocycles. The number of amides is 1. The van der Waals surface area contributed by atoms with Gasteiger partial charge in [0.15, 0.2) is 0 Å². The van der Waals surface area contributed by atoms with E-state index in [1.165, 1.54) is 22.0 Å². The third-order valence-electron chi connectivity index (χ3n) is 5.71. The lowest BCUT2D eigenvalue weighted by molar-refractivity contribution is -0.0238. The fraction of sp³-hybridized carbons (Fsp3) is 0.391. The van der Waals surface area contributed by atoms with Crippen LogP contribution in [0.4, 0.5) is 0 Å². The van der Waals surface area contributed by atoms with Gasteiger partial charge in [0.2, 0.25) is 10.0 Å². The molecule has 3 N–H and O–H groups in total. The van der Waals surface area contributed by atoms with Crippen molar-refractivity contribution in [3.8, 4) is 11.8 Å². The van der Waals surface area contributed by atoms with Crippen LogP contribution >= 0.6 is 11.6 Å². The zero-order valence-electron chi connectivity index (χ0n) is 19.4. The molecule has 0 fully saturated rings. The van der Waals surface area contributed by atoms with E-state index in [2.05, 4.69) is 17.2 Å². The van der Waals surface area contributed by atoms with Crippen LogP contribution in [-0.2, 0) is 23.1 Å². The number of nitrogens with zero attached hydrogens (tertiary/aromatic N) is 3. The van der Waals surface area contributed by atoms with Crippen LogP contribution in [0.3, 0.4) is 0 Å². The Balaban J connectivity index is 1.89. The third-order valence-corrected chi connectivity index (χ3v) is 7.28. The predicted molar refractivity (Wildman–Crippen MR) is 131 cm³/mol. The van der Waals surface area contributed by atoms with Crippen LogP contribution in [0.2, 0.25) is 5.02 Å². The van der Waals surface area contributed by atoms with Crippen LogP contribution in [0, 0.1) is 11.8 Å². The summed E-state index contributed by atoms with van der Waals surface area (Å²) < 4.78 is 25.8. The van der Waals surface area contributed by atoms with Crippen molar-refractivity contribution in [2.45, 2.75) is 19.3 Å². The Morgan fingerprint density at radius 3 is 2.60 bits per heavy atom. The average molecular weight is 523 g/mol. The fourth-order valence-corrected chi connectivity index (χ4v) is 4.19. The standard InChI is InChI=1S/C23H27ClN4O6S/c1-26(35(2,33)34)9-10-27-11-12-28-20(23(27)32)17(4-3-13-29)14-19(22(28)31)21(30)25-15-16-5-7-18(24)8-6-16/h5-8,14,23,29,32H,9-13,15H2,1-2H3,(H,25,30). The third kappa shape index (κ3) is 6.49. The molecule has 3 rings (SSSR count). The summed E-state index contributed by atoms with van der Waals surface area (Å²) in [6.45, 7) is 0.515. The highest BCUT2D eigenvalue weighted by Gasteiger charge is 2.31. The van der Waals surface area contributed by atoms with Gasteiger partial charge < -0.3 is 20.1 Å². The number of nitrogens with one attached hydrogen (secondary N) is 1. The van der Waals surface area contributed by atoms with Gasteiger partial charge in [0.1, 0.15) is 18.4 Å². The van der Waals surface area contributed by atoms with Gasteiger partial charge in [0, 0.05) is 50.4 Å². The minimum Gasteiger partial charge on any atom is -0.384 e. The van der Waals surface area contributed by atoms with E-state index in [0.717, 1.165) is 11.8 Å². The first-order chi connectivity index (χ1) is 16.5. The molecule has 1 aromatic carbocycles. The Labute approximate surface area is 208 Å². The summed E-state index contributed by atoms with van der Waals surface area (Å²) in [5, 5.41) is 23.4. The number of benzene rings is 1. The summed E-state index contributed by atoms with van der Waals surface area (Å²) in [5.74, 6) is 4.62. The van der Waals surface area contributed by atoms with Gasteiger partial charge >= 0.3 is 0 Å². The smallest absolute Gasteiger partial charge is 0.263 e. The van der Waals surface area contributed by atoms with Crippen LogP contribution in [-0.4, -0.2) is 77.9 Å². The van der Waals surface area contributed by atoms with E-state index in [9.17, 15) is 23.1 Å². The second kappa shape index (κ2) is 11.3. The Hall–Kier alpha value is -2.72. The van der Waals surface area contributed by atoms with E-state index in [4.69, 9.17) is 16.7 Å². The Bertz CT molecular complexity index is 1310. The van der Waals surface area contributed by atoms with Crippen molar-refractivity contribution < 1.29 is 23.4 Å². The molecule has 2 heterocycles. The van der Waals surface area contributed by atoms with E-state index in [1.807, 2.05) is 0 Å². The number of halogens is 1. The molecule has 35 heavy (non-hydrogen) atoms. The SMILES string of the molecule is CN(CCN1CCn2c(c(C#CCO)cc(C(=O)NCc3ccc(Cl)cc3)c2=O)C1O)S(C)(=O)=O. The summed E-state index contributed by atoms with van der Waals surface area (Å²) in [7, 11) is -1.94. The van der Waals surface area contributed by atoms with Crippen LogP contribution < -0.4 is 10.9 Å². The van der Waals surface area contributed by atoms with Crippen molar-refractivity contribution in [1.82, 2.24) is 19.1 Å². The zero-order chi connectivity index (χ0) is 25.8. The summed E-state index contributed by atoms with van der Waals surface area (Å²) in [4.78, 5) is 27.6. The van der Waals surface area contributed by atoms with Gasteiger partial charge in [-0.2, -0.15) is 0 Å². The molecule has 10 nitrogen and oxygen atoms in total. The Morgan fingerprint density at radius 1 is 1.29 bits per heavy atom. The molecule has 1 unspecified atom stereocenters. The average Bonchev–Trinajstić information content (AvgIpc) is 2.81. The molecule has 1 aliphatic heterocycles. The Kier molecular flexibility index (Phi) is 8.71. The van der Waals surface area contributed by atoms with Gasteiger partial charge in [0.25, 0.3) is 11.5 Å². The maximum absolute atomic E-state index is 13.2. The molecule has 1 amide bonds. The van der Waals surface area contributed by atoms with Crippen LogP contribution in [0.15, 0.2) is 35.1 Å². The van der Waals surface area contributed by atoms with Crippen LogP contribution in [0.1, 0.15) is 33.4 Å². The zero-order valence-corrected chi connectivity index (χ0v) is 20.9. The lowest BCUT2D eigenvalue weighted by Crippen LogP contribution is -2.47. The highest BCUT2D eigenvalue weighted by Crippen LogP contribution is 2.25. The van der Waals surface area contributed by atoms with E-state index >= 15 is 0 Å². The van der Waals surface area contributed by atoms with Gasteiger partial charge in [-0.15, -0.1) is 0 Å². The summed E-state index contributed by atoms with van der Waals surface area (Å²) in [6, 6.07) is 8.21. The van der Waals surface area contributed by atoms with Gasteiger partial charge in [-0.1, -0.05) is 35.6 Å². The first-order valence-electron chi connectivity index (χ1n) is 10.8. The van der Waals surface area contributed by atoms with Crippen LogP contribution in [0.25, 0.3) is 0 Å². The number of aromatic nitrogens is 1. The quantitative estimate of drug-likeness (QED) is 0.435. The van der Waals surface area contributed by atoms with Crippen molar-refractivity contribution in [2.24, 2.45) is 0 Å². The Morgan fingerprint density at radius 2 is 1.97 bits per heavy atom. The number of carbonyl (C=O) groups is 1. The number of likely N-dealkylation sites (N-methyl/N-ethyl adjacent to an activating group) is 1. The highest BCUT2D eigenvalue weighted by atomic mass is 35.5. The van der Waals surface area contributed by atoms with Gasteiger partial charge in [-0.05, 0) is 23.8 Å². The summed E-state index contributed by atoms with van der Waals surface area (Å²) >= 11 is 5.88. The number of aliphatic hydroxyl groups excluding tert-OH is 2. The summed E-state index contributed by atoms with van der Waals surface area (Å²) in [6.07, 6.45) is -0.157. The maximum atomic E-state index is 13.2. The number of fused-ring (bicyclic) bond motifs is 1. The maximum Gasteiger partial charge on any atom is 0.263 e. The molecule has 0 saturated carbocycles. The van der Waals surface area contributed by atoms with Crippen LogP contribution in [0.5, 0.6) is 0 Å². The number of hydrogen-bond acceptors (Lipinski definition) is 7. The minimum atomic E-state index is -3.38. The molecule has 0 saturated heterocycles. The predicted octanol–water partition coefficient (Wildman–Crippen LogP) is -0.0266. The molecule has 0 bridgehead atoms. The monoisotopic (exact) mass is 522 g/mol. The van der Waals surface area contributed by atoms with Gasteiger partial charge in [-0.25, -0.2) is 12.7 Å². The molecule has 188 valence electrons. The molecule has 1 atom stereocenters. The van der Waals surface area contributed by atoms with Crippen molar-refractivity contribution in [3.05, 3.63) is 68.1 Å². The molecule has 1 aliphatic rings. The van der Waals surface area contributed by atoms with Crippen molar-refractivity contribution in [2.75, 3.05) is 39.5 Å². The van der Waals surface area contributed by atoms with E-state index in [1.54, 1.807) is 29.2 Å². The largest absolute Gasteiger partial charge is 0.384 e. The summed E-state index contributed by atoms with van der Waals surface area (Å²) in [5.41, 5.74) is 0.506. The molecular weight excluding hydrogens is 496 g/mol. The highest BCUT2D eigenvalue weighted by molar-refractivity contribution is 7.88. The lowest BCUT2D eigenvalue weighted by atomic mass is 10.1. The molecule has 1 aromatic heterocycles. The van der Waals surface area contributed by atoms with Crippen molar-refractivity contribution in [3.63, 3.8) is 0 Å². The molecule has 12 heteroatoms. The number of aliphatic hydroxyl groups is 2. The number of sulfonamides is 1. The molecular formula is C23H27ClN4O6S. The second-order valence-electron chi connectivity index (χ2n) is 8.08. The number of carbonyl (C=O) groups excluding carboxylic acids is 1. The number of hydrogen-bond donors (Lipinski definition) is 3. The normalized spacial score (nSPS) is 15.9. The van der Waals surface area contributed by atoms with Gasteiger partial charge in [0.05, 0.1) is 11.9 Å². The molecule has 0 radical (unpaired) electrons. The van der Waals surface area contributed by atoms with Crippen molar-refractivity contribution >= 4 is 27.5 Å². The molecule has 2 aromatic rings. The second-order valence-corrected chi connectivity index (χ2v) is 10.6. The van der Waals surface area contributed by atoms with E-state index in [-0.39, 0.29) is 49.5 Å². The van der Waals surface area contributed by atoms with E-state index < -0.39 is 34.3 Å². The van der Waals surface area contributed by atoms with E-state index in [0.29, 0.717) is 5.02 Å². The van der Waals surface area contributed by atoms with Crippen molar-refractivity contribution in [1.29, 1.82) is 0 Å². The van der Waals surface area contributed by atoms with Gasteiger partial charge in [-0.3, -0.25) is 14.5 Å². The molecule has 0 spiro atoms. The number of pyridine rings is 1. The minimum absolute atomic E-state index is 0.137. The fourth-order valence-electron chi connectivity index (χ4n) is 3.65.